The van der Waals surface area contributed by atoms with Gasteiger partial charge in [0.25, 0.3) is 0 Å². The Morgan fingerprint density at radius 3 is 2.52 bits per heavy atom. The largest absolute Gasteiger partial charge is 0.377 e. The van der Waals surface area contributed by atoms with Gasteiger partial charge in [-0.15, -0.1) is 0 Å². The zero-order valence-electron chi connectivity index (χ0n) is 12.2. The number of benzene rings is 1. The SMILES string of the molecule is CCCNc1cc(Nc2ccc(I)cc2)nc(COC)n1. The minimum atomic E-state index is 0.392. The van der Waals surface area contributed by atoms with Crippen LogP contribution in [0.15, 0.2) is 30.3 Å². The molecule has 0 radical (unpaired) electrons. The minimum Gasteiger partial charge on any atom is -0.377 e. The monoisotopic (exact) mass is 398 g/mol. The van der Waals surface area contributed by atoms with Crippen molar-refractivity contribution in [1.82, 2.24) is 9.97 Å². The Balaban J connectivity index is 2.19. The van der Waals surface area contributed by atoms with Crippen molar-refractivity contribution in [2.75, 3.05) is 24.3 Å². The fourth-order valence-corrected chi connectivity index (χ4v) is 2.14. The van der Waals surface area contributed by atoms with Crippen LogP contribution in [0.1, 0.15) is 19.2 Å². The molecule has 0 bridgehead atoms. The summed E-state index contributed by atoms with van der Waals surface area (Å²) in [5, 5.41) is 6.58. The van der Waals surface area contributed by atoms with E-state index in [1.165, 1.54) is 3.57 Å². The maximum Gasteiger partial charge on any atom is 0.158 e. The van der Waals surface area contributed by atoms with Crippen LogP contribution in [0.3, 0.4) is 0 Å². The minimum absolute atomic E-state index is 0.392. The molecule has 0 fully saturated rings. The van der Waals surface area contributed by atoms with Crippen molar-refractivity contribution in [3.8, 4) is 0 Å². The van der Waals surface area contributed by atoms with Crippen LogP contribution in [-0.4, -0.2) is 23.6 Å². The molecule has 0 spiro atoms. The number of hydrogen-bond acceptors (Lipinski definition) is 5. The first-order chi connectivity index (χ1) is 10.2. The first-order valence-electron chi connectivity index (χ1n) is 6.84. The summed E-state index contributed by atoms with van der Waals surface area (Å²) in [6.07, 6.45) is 1.05. The summed E-state index contributed by atoms with van der Waals surface area (Å²) in [5.74, 6) is 2.23. The molecule has 0 unspecified atom stereocenters. The summed E-state index contributed by atoms with van der Waals surface area (Å²) in [6.45, 7) is 3.39. The summed E-state index contributed by atoms with van der Waals surface area (Å²) < 4.78 is 6.33. The van der Waals surface area contributed by atoms with Crippen molar-refractivity contribution in [3.05, 3.63) is 39.7 Å². The maximum atomic E-state index is 5.13. The predicted molar refractivity (Wildman–Crippen MR) is 94.0 cm³/mol. The van der Waals surface area contributed by atoms with Gasteiger partial charge in [0.05, 0.1) is 0 Å². The van der Waals surface area contributed by atoms with Crippen LogP contribution in [0, 0.1) is 3.57 Å². The second kappa shape index (κ2) is 8.14. The highest BCUT2D eigenvalue weighted by molar-refractivity contribution is 14.1. The van der Waals surface area contributed by atoms with E-state index in [4.69, 9.17) is 4.74 Å². The third kappa shape index (κ3) is 5.13. The molecule has 0 saturated carbocycles. The molecule has 0 amide bonds. The molecule has 0 saturated heterocycles. The zero-order chi connectivity index (χ0) is 15.1. The van der Waals surface area contributed by atoms with Crippen LogP contribution in [0.4, 0.5) is 17.3 Å². The van der Waals surface area contributed by atoms with Crippen LogP contribution in [-0.2, 0) is 11.3 Å². The summed E-state index contributed by atoms with van der Waals surface area (Å²) in [7, 11) is 1.64. The van der Waals surface area contributed by atoms with Crippen molar-refractivity contribution in [1.29, 1.82) is 0 Å². The molecule has 1 aromatic carbocycles. The van der Waals surface area contributed by atoms with E-state index in [2.05, 4.69) is 62.2 Å². The third-order valence-corrected chi connectivity index (χ3v) is 3.44. The molecule has 21 heavy (non-hydrogen) atoms. The Bertz CT molecular complexity index is 574. The van der Waals surface area contributed by atoms with Crippen molar-refractivity contribution in [2.45, 2.75) is 20.0 Å². The van der Waals surface area contributed by atoms with Crippen LogP contribution in [0.5, 0.6) is 0 Å². The molecule has 2 N–H and O–H groups in total. The van der Waals surface area contributed by atoms with Gasteiger partial charge in [0, 0.05) is 29.0 Å². The van der Waals surface area contributed by atoms with E-state index in [-0.39, 0.29) is 0 Å². The third-order valence-electron chi connectivity index (χ3n) is 2.72. The quantitative estimate of drug-likeness (QED) is 0.695. The predicted octanol–water partition coefficient (Wildman–Crippen LogP) is 3.79. The van der Waals surface area contributed by atoms with Crippen LogP contribution < -0.4 is 10.6 Å². The van der Waals surface area contributed by atoms with E-state index in [1.807, 2.05) is 18.2 Å². The topological polar surface area (TPSA) is 59.1 Å². The second-order valence-corrected chi connectivity index (χ2v) is 5.79. The molecular weight excluding hydrogens is 379 g/mol. The highest BCUT2D eigenvalue weighted by atomic mass is 127. The highest BCUT2D eigenvalue weighted by Crippen LogP contribution is 2.19. The van der Waals surface area contributed by atoms with Crippen LogP contribution >= 0.6 is 22.6 Å². The van der Waals surface area contributed by atoms with Gasteiger partial charge in [0.1, 0.15) is 18.2 Å². The molecular formula is C15H19IN4O. The van der Waals surface area contributed by atoms with Gasteiger partial charge in [-0.2, -0.15) is 0 Å². The average Bonchev–Trinajstić information content (AvgIpc) is 2.48. The van der Waals surface area contributed by atoms with Gasteiger partial charge < -0.3 is 15.4 Å². The zero-order valence-corrected chi connectivity index (χ0v) is 14.3. The van der Waals surface area contributed by atoms with E-state index >= 15 is 0 Å². The smallest absolute Gasteiger partial charge is 0.158 e. The number of aromatic nitrogens is 2. The summed E-state index contributed by atoms with van der Waals surface area (Å²) in [5.41, 5.74) is 0.999. The maximum absolute atomic E-state index is 5.13. The lowest BCUT2D eigenvalue weighted by molar-refractivity contribution is 0.178. The number of anilines is 3. The van der Waals surface area contributed by atoms with Gasteiger partial charge in [-0.05, 0) is 53.3 Å². The molecule has 0 aliphatic carbocycles. The Hall–Kier alpha value is -1.41. The molecule has 6 heteroatoms. The van der Waals surface area contributed by atoms with Gasteiger partial charge in [-0.1, -0.05) is 6.92 Å². The highest BCUT2D eigenvalue weighted by Gasteiger charge is 2.05. The molecule has 5 nitrogen and oxygen atoms in total. The number of nitrogens with one attached hydrogen (secondary N) is 2. The van der Waals surface area contributed by atoms with Gasteiger partial charge in [0.15, 0.2) is 5.82 Å². The molecule has 0 aliphatic rings. The molecule has 1 heterocycles. The summed E-state index contributed by atoms with van der Waals surface area (Å²) >= 11 is 2.28. The number of hydrogen-bond donors (Lipinski definition) is 2. The molecule has 2 aromatic rings. The van der Waals surface area contributed by atoms with Crippen molar-refractivity contribution >= 4 is 39.9 Å². The van der Waals surface area contributed by atoms with Crippen molar-refractivity contribution in [2.24, 2.45) is 0 Å². The Kier molecular flexibility index (Phi) is 6.19. The average molecular weight is 398 g/mol. The fourth-order valence-electron chi connectivity index (χ4n) is 1.78. The van der Waals surface area contributed by atoms with Crippen molar-refractivity contribution in [3.63, 3.8) is 0 Å². The molecule has 1 aromatic heterocycles. The Labute approximate surface area is 138 Å². The molecule has 2 rings (SSSR count). The number of methoxy groups -OCH3 is 1. The van der Waals surface area contributed by atoms with Gasteiger partial charge >= 0.3 is 0 Å². The van der Waals surface area contributed by atoms with Gasteiger partial charge in [-0.3, -0.25) is 0 Å². The molecule has 112 valence electrons. The standard InChI is InChI=1S/C15H19IN4O/c1-3-8-17-13-9-14(20-15(19-13)10-21-2)18-12-6-4-11(16)5-7-12/h4-7,9H,3,8,10H2,1-2H3,(H2,17,18,19,20). The number of rotatable bonds is 7. The number of ether oxygens (including phenoxy) is 1. The van der Waals surface area contributed by atoms with Crippen LogP contribution in [0.2, 0.25) is 0 Å². The lowest BCUT2D eigenvalue weighted by Crippen LogP contribution is -2.07. The Morgan fingerprint density at radius 2 is 1.86 bits per heavy atom. The molecule has 0 aliphatic heterocycles. The Morgan fingerprint density at radius 1 is 1.14 bits per heavy atom. The van der Waals surface area contributed by atoms with Gasteiger partial charge in [0.2, 0.25) is 0 Å². The van der Waals surface area contributed by atoms with Crippen molar-refractivity contribution < 1.29 is 4.74 Å². The lowest BCUT2D eigenvalue weighted by atomic mass is 10.3. The van der Waals surface area contributed by atoms with E-state index in [9.17, 15) is 0 Å². The van der Waals surface area contributed by atoms with E-state index < -0.39 is 0 Å². The summed E-state index contributed by atoms with van der Waals surface area (Å²) in [6, 6.07) is 10.1. The first kappa shape index (κ1) is 16.0. The lowest BCUT2D eigenvalue weighted by Gasteiger charge is -2.11. The number of nitrogens with zero attached hydrogens (tertiary/aromatic N) is 2. The van der Waals surface area contributed by atoms with Crippen LogP contribution in [0.25, 0.3) is 0 Å². The fraction of sp³-hybridized carbons (Fsp3) is 0.333. The first-order valence-corrected chi connectivity index (χ1v) is 7.92. The molecule has 0 atom stereocenters. The van der Waals surface area contributed by atoms with E-state index in [0.717, 1.165) is 30.3 Å². The van der Waals surface area contributed by atoms with Gasteiger partial charge in [-0.25, -0.2) is 9.97 Å². The number of halogens is 1. The van der Waals surface area contributed by atoms with E-state index in [0.29, 0.717) is 12.4 Å². The van der Waals surface area contributed by atoms with E-state index in [1.54, 1.807) is 7.11 Å². The summed E-state index contributed by atoms with van der Waals surface area (Å²) in [4.78, 5) is 8.89. The normalized spacial score (nSPS) is 10.4. The second-order valence-electron chi connectivity index (χ2n) is 4.55.